The van der Waals surface area contributed by atoms with E-state index in [1.165, 1.54) is 12.8 Å². The van der Waals surface area contributed by atoms with Crippen LogP contribution in [0.15, 0.2) is 0 Å². The Hall–Kier alpha value is -0.650. The highest BCUT2D eigenvalue weighted by atomic mass is 16.5. The maximum Gasteiger partial charge on any atom is 0.236 e. The zero-order chi connectivity index (χ0) is 13.1. The molecule has 2 atom stereocenters. The molecule has 5 heteroatoms. The number of nitrogens with two attached hydrogens (primary N) is 1. The van der Waals surface area contributed by atoms with Gasteiger partial charge in [0.05, 0.1) is 18.8 Å². The highest BCUT2D eigenvalue weighted by molar-refractivity contribution is 5.79. The van der Waals surface area contributed by atoms with E-state index < -0.39 is 0 Å². The highest BCUT2D eigenvalue weighted by Crippen LogP contribution is 2.26. The van der Waals surface area contributed by atoms with Crippen molar-refractivity contribution in [2.75, 3.05) is 32.7 Å². The molecule has 0 aromatic heterocycles. The van der Waals surface area contributed by atoms with Crippen LogP contribution in [0.4, 0.5) is 0 Å². The van der Waals surface area contributed by atoms with Gasteiger partial charge in [-0.3, -0.25) is 9.69 Å². The molecule has 0 aromatic rings. The summed E-state index contributed by atoms with van der Waals surface area (Å²) in [5.74, 6) is 0.255. The summed E-state index contributed by atoms with van der Waals surface area (Å²) in [6, 6.07) is 0.506. The average Bonchev–Trinajstić information content (AvgIpc) is 3.13. The van der Waals surface area contributed by atoms with Crippen LogP contribution >= 0.6 is 0 Å². The number of hydrogen-bond donors (Lipinski definition) is 1. The molecular weight excluding hydrogens is 230 g/mol. The lowest BCUT2D eigenvalue weighted by molar-refractivity contribution is -0.136. The Morgan fingerprint density at radius 1 is 1.44 bits per heavy atom. The van der Waals surface area contributed by atoms with E-state index in [0.29, 0.717) is 19.1 Å². The van der Waals surface area contributed by atoms with E-state index in [-0.39, 0.29) is 18.1 Å². The van der Waals surface area contributed by atoms with Crippen LogP contribution in [0.25, 0.3) is 0 Å². The van der Waals surface area contributed by atoms with Crippen LogP contribution in [0.2, 0.25) is 0 Å². The predicted octanol–water partition coefficient (Wildman–Crippen LogP) is 0.0453. The molecule has 1 saturated heterocycles. The van der Waals surface area contributed by atoms with Gasteiger partial charge in [0.1, 0.15) is 0 Å². The molecule has 0 aromatic carbocycles. The molecule has 0 spiro atoms. The lowest BCUT2D eigenvalue weighted by Gasteiger charge is -2.36. The van der Waals surface area contributed by atoms with E-state index in [1.807, 2.05) is 11.8 Å². The fourth-order valence-electron chi connectivity index (χ4n) is 2.71. The Morgan fingerprint density at radius 3 is 2.72 bits per heavy atom. The molecule has 1 heterocycles. The average molecular weight is 255 g/mol. The molecule has 1 aliphatic heterocycles. The third kappa shape index (κ3) is 3.43. The van der Waals surface area contributed by atoms with Crippen molar-refractivity contribution in [1.82, 2.24) is 9.80 Å². The Morgan fingerprint density at radius 2 is 2.17 bits per heavy atom. The number of morpholine rings is 1. The second kappa shape index (κ2) is 5.99. The van der Waals surface area contributed by atoms with E-state index in [0.717, 1.165) is 19.6 Å². The second-order valence-electron chi connectivity index (χ2n) is 5.41. The van der Waals surface area contributed by atoms with Crippen LogP contribution in [0, 0.1) is 0 Å². The fourth-order valence-corrected chi connectivity index (χ4v) is 2.71. The first kappa shape index (κ1) is 13.8. The largest absolute Gasteiger partial charge is 0.371 e. The first-order valence-electron chi connectivity index (χ1n) is 7.01. The molecule has 1 aliphatic carbocycles. The van der Waals surface area contributed by atoms with Crippen LogP contribution < -0.4 is 5.73 Å². The van der Waals surface area contributed by atoms with Crippen LogP contribution in [0.5, 0.6) is 0 Å². The number of amides is 1. The number of carbonyl (C=O) groups is 1. The topological polar surface area (TPSA) is 58.8 Å². The maximum absolute atomic E-state index is 12.2. The Balaban J connectivity index is 1.85. The number of likely N-dealkylation sites (N-methyl/N-ethyl adjacent to an activating group) is 1. The van der Waals surface area contributed by atoms with Gasteiger partial charge in [-0.2, -0.15) is 0 Å². The molecule has 0 radical (unpaired) electrons. The van der Waals surface area contributed by atoms with E-state index in [1.54, 1.807) is 0 Å². The first-order chi connectivity index (χ1) is 8.63. The van der Waals surface area contributed by atoms with E-state index in [2.05, 4.69) is 11.8 Å². The lowest BCUT2D eigenvalue weighted by atomic mass is 10.2. The number of nitrogens with zero attached hydrogens (tertiary/aromatic N) is 2. The van der Waals surface area contributed by atoms with E-state index in [9.17, 15) is 4.79 Å². The van der Waals surface area contributed by atoms with Gasteiger partial charge in [0.25, 0.3) is 0 Å². The molecule has 5 nitrogen and oxygen atoms in total. The summed E-state index contributed by atoms with van der Waals surface area (Å²) in [6.07, 6.45) is 2.57. The minimum absolute atomic E-state index is 0.0672. The highest BCUT2D eigenvalue weighted by Gasteiger charge is 2.33. The third-order valence-corrected chi connectivity index (χ3v) is 3.67. The van der Waals surface area contributed by atoms with E-state index >= 15 is 0 Å². The molecule has 2 N–H and O–H groups in total. The van der Waals surface area contributed by atoms with Gasteiger partial charge in [-0.1, -0.05) is 0 Å². The smallest absolute Gasteiger partial charge is 0.236 e. The summed E-state index contributed by atoms with van der Waals surface area (Å²) in [4.78, 5) is 16.4. The molecule has 2 unspecified atom stereocenters. The monoisotopic (exact) mass is 255 g/mol. The Bertz CT molecular complexity index is 294. The Kier molecular flexibility index (Phi) is 4.59. The van der Waals surface area contributed by atoms with Crippen molar-refractivity contribution in [3.63, 3.8) is 0 Å². The Labute approximate surface area is 109 Å². The van der Waals surface area contributed by atoms with Crippen molar-refractivity contribution in [3.8, 4) is 0 Å². The van der Waals surface area contributed by atoms with Crippen molar-refractivity contribution in [3.05, 3.63) is 0 Å². The van der Waals surface area contributed by atoms with E-state index in [4.69, 9.17) is 10.5 Å². The minimum atomic E-state index is 0.0672. The van der Waals surface area contributed by atoms with Crippen LogP contribution in [-0.4, -0.2) is 66.7 Å². The number of carbonyl (C=O) groups excluding carboxylic acids is 1. The van der Waals surface area contributed by atoms with Crippen LogP contribution in [-0.2, 0) is 9.53 Å². The van der Waals surface area contributed by atoms with Gasteiger partial charge in [-0.15, -0.1) is 0 Å². The summed E-state index contributed by atoms with van der Waals surface area (Å²) in [5, 5.41) is 0. The summed E-state index contributed by atoms with van der Waals surface area (Å²) in [5.41, 5.74) is 5.66. The summed E-state index contributed by atoms with van der Waals surface area (Å²) < 4.78 is 5.70. The number of rotatable bonds is 5. The maximum atomic E-state index is 12.2. The quantitative estimate of drug-likeness (QED) is 0.754. The summed E-state index contributed by atoms with van der Waals surface area (Å²) >= 11 is 0. The first-order valence-corrected chi connectivity index (χ1v) is 7.01. The van der Waals surface area contributed by atoms with Crippen molar-refractivity contribution in [1.29, 1.82) is 0 Å². The van der Waals surface area contributed by atoms with Crippen molar-refractivity contribution in [2.45, 2.75) is 44.9 Å². The van der Waals surface area contributed by atoms with Gasteiger partial charge in [-0.05, 0) is 26.7 Å². The van der Waals surface area contributed by atoms with Crippen LogP contribution in [0.1, 0.15) is 26.7 Å². The number of ether oxygens (including phenoxy) is 1. The summed E-state index contributed by atoms with van der Waals surface area (Å²) in [7, 11) is 0. The molecule has 0 bridgehead atoms. The normalized spacial score (nSPS) is 29.3. The molecular formula is C13H25N3O2. The number of hydrogen-bond acceptors (Lipinski definition) is 4. The molecule has 18 heavy (non-hydrogen) atoms. The van der Waals surface area contributed by atoms with Gasteiger partial charge in [0.15, 0.2) is 0 Å². The van der Waals surface area contributed by atoms with Gasteiger partial charge < -0.3 is 15.4 Å². The zero-order valence-electron chi connectivity index (χ0n) is 11.5. The third-order valence-electron chi connectivity index (χ3n) is 3.67. The molecule has 1 saturated carbocycles. The van der Waals surface area contributed by atoms with Crippen molar-refractivity contribution < 1.29 is 9.53 Å². The summed E-state index contributed by atoms with van der Waals surface area (Å²) in [6.45, 7) is 7.55. The fraction of sp³-hybridized carbons (Fsp3) is 0.923. The molecule has 2 aliphatic rings. The van der Waals surface area contributed by atoms with Gasteiger partial charge in [0, 0.05) is 32.2 Å². The van der Waals surface area contributed by atoms with Crippen molar-refractivity contribution in [2.24, 2.45) is 5.73 Å². The van der Waals surface area contributed by atoms with Crippen molar-refractivity contribution >= 4 is 5.91 Å². The molecule has 2 rings (SSSR count). The molecule has 2 fully saturated rings. The second-order valence-corrected chi connectivity index (χ2v) is 5.41. The SMILES string of the molecule is CCN(C(=O)CN1CC(C)OC(CN)C1)C1CC1. The van der Waals surface area contributed by atoms with Gasteiger partial charge in [-0.25, -0.2) is 0 Å². The minimum Gasteiger partial charge on any atom is -0.371 e. The molecule has 1 amide bonds. The van der Waals surface area contributed by atoms with Gasteiger partial charge >= 0.3 is 0 Å². The zero-order valence-corrected chi connectivity index (χ0v) is 11.5. The lowest BCUT2D eigenvalue weighted by Crippen LogP contribution is -2.52. The standard InChI is InChI=1S/C13H25N3O2/c1-3-16(11-4-5-11)13(17)9-15-7-10(2)18-12(6-14)8-15/h10-12H,3-9,14H2,1-2H3. The van der Waals surface area contributed by atoms with Crippen LogP contribution in [0.3, 0.4) is 0 Å². The van der Waals surface area contributed by atoms with Gasteiger partial charge in [0.2, 0.25) is 5.91 Å². The predicted molar refractivity (Wildman–Crippen MR) is 70.2 cm³/mol. The molecule has 104 valence electrons.